The lowest BCUT2D eigenvalue weighted by molar-refractivity contribution is 0.107. The Bertz CT molecular complexity index is 1040. The Morgan fingerprint density at radius 1 is 1.12 bits per heavy atom. The predicted molar refractivity (Wildman–Crippen MR) is 102 cm³/mol. The third-order valence-electron chi connectivity index (χ3n) is 4.19. The van der Waals surface area contributed by atoms with Gasteiger partial charge >= 0.3 is 0 Å². The average Bonchev–Trinajstić information content (AvgIpc) is 2.88. The Labute approximate surface area is 144 Å². The molecule has 0 unspecified atom stereocenters. The van der Waals surface area contributed by atoms with Crippen LogP contribution in [0.3, 0.4) is 0 Å². The van der Waals surface area contributed by atoms with E-state index in [1.54, 1.807) is 0 Å². The Morgan fingerprint density at radius 3 is 2.75 bits per heavy atom. The maximum absolute atomic E-state index is 12.9. The van der Waals surface area contributed by atoms with E-state index in [-0.39, 0.29) is 5.78 Å². The Morgan fingerprint density at radius 2 is 1.92 bits per heavy atom. The van der Waals surface area contributed by atoms with E-state index in [4.69, 9.17) is 12.2 Å². The highest BCUT2D eigenvalue weighted by molar-refractivity contribution is 7.80. The second-order valence-corrected chi connectivity index (χ2v) is 6.05. The summed E-state index contributed by atoms with van der Waals surface area (Å²) in [5.74, 6) is -0.0706. The number of carbonyl (C=O) groups excluding carboxylic acids is 1. The first-order chi connectivity index (χ1) is 11.7. The van der Waals surface area contributed by atoms with Crippen molar-refractivity contribution in [3.8, 4) is 0 Å². The van der Waals surface area contributed by atoms with Crippen molar-refractivity contribution in [1.29, 1.82) is 0 Å². The molecule has 24 heavy (non-hydrogen) atoms. The number of nitrogens with zero attached hydrogens (tertiary/aromatic N) is 1. The Kier molecular flexibility index (Phi) is 3.50. The number of Topliss-reactive ketones (excluding diaryl/α,β-unsaturated/α-hetero) is 1. The maximum Gasteiger partial charge on any atom is 0.214 e. The summed E-state index contributed by atoms with van der Waals surface area (Å²) in [6.07, 6.45) is 0. The number of fused-ring (bicyclic) bond motifs is 2. The second kappa shape index (κ2) is 5.69. The van der Waals surface area contributed by atoms with Gasteiger partial charge in [-0.3, -0.25) is 10.2 Å². The van der Waals surface area contributed by atoms with Crippen LogP contribution in [0, 0.1) is 0 Å². The summed E-state index contributed by atoms with van der Waals surface area (Å²) in [4.78, 5) is 12.9. The largest absolute Gasteiger partial charge is 0.362 e. The van der Waals surface area contributed by atoms with Gasteiger partial charge in [0.05, 0.1) is 0 Å². The summed E-state index contributed by atoms with van der Waals surface area (Å²) < 4.78 is 0. The molecular weight excluding hydrogens is 318 g/mol. The summed E-state index contributed by atoms with van der Waals surface area (Å²) in [7, 11) is 0. The molecule has 0 saturated carbocycles. The summed E-state index contributed by atoms with van der Waals surface area (Å²) in [6, 6.07) is 16.0. The number of thiocarbonyl (C=S) groups is 1. The van der Waals surface area contributed by atoms with Crippen molar-refractivity contribution in [2.45, 2.75) is 6.92 Å². The molecule has 0 radical (unpaired) electrons. The van der Waals surface area contributed by atoms with Gasteiger partial charge in [0.2, 0.25) is 5.78 Å². The van der Waals surface area contributed by atoms with Crippen molar-refractivity contribution in [2.24, 2.45) is 5.10 Å². The molecule has 0 fully saturated rings. The molecule has 118 valence electrons. The molecule has 3 aromatic carbocycles. The summed E-state index contributed by atoms with van der Waals surface area (Å²) in [6.45, 7) is 2.65. The fraction of sp³-hybridized carbons (Fsp3) is 0.105. The van der Waals surface area contributed by atoms with Crippen molar-refractivity contribution < 1.29 is 4.79 Å². The van der Waals surface area contributed by atoms with Crippen molar-refractivity contribution in [1.82, 2.24) is 10.7 Å². The fourth-order valence-corrected chi connectivity index (χ4v) is 3.40. The van der Waals surface area contributed by atoms with Gasteiger partial charge in [-0.05, 0) is 41.4 Å². The first kappa shape index (κ1) is 14.8. The molecule has 2 N–H and O–H groups in total. The molecule has 0 atom stereocenters. The average molecular weight is 333 g/mol. The monoisotopic (exact) mass is 333 g/mol. The number of nitrogens with one attached hydrogen (secondary N) is 2. The molecular formula is C19H15N3OS. The second-order valence-electron chi connectivity index (χ2n) is 5.64. The molecule has 4 rings (SSSR count). The molecule has 4 nitrogen and oxygen atoms in total. The van der Waals surface area contributed by atoms with Crippen molar-refractivity contribution in [2.75, 3.05) is 6.54 Å². The van der Waals surface area contributed by atoms with Crippen LogP contribution in [0.2, 0.25) is 0 Å². The van der Waals surface area contributed by atoms with Gasteiger partial charge in [-0.2, -0.15) is 5.10 Å². The molecule has 0 spiro atoms. The molecule has 3 aromatic rings. The van der Waals surface area contributed by atoms with Gasteiger partial charge in [0.25, 0.3) is 0 Å². The highest BCUT2D eigenvalue weighted by Crippen LogP contribution is 2.36. The third kappa shape index (κ3) is 2.17. The first-order valence-corrected chi connectivity index (χ1v) is 8.22. The van der Waals surface area contributed by atoms with Crippen LogP contribution in [-0.2, 0) is 0 Å². The van der Waals surface area contributed by atoms with Crippen LogP contribution >= 0.6 is 12.2 Å². The fourth-order valence-electron chi connectivity index (χ4n) is 3.21. The van der Waals surface area contributed by atoms with Gasteiger partial charge in [-0.15, -0.1) is 0 Å². The van der Waals surface area contributed by atoms with Crippen LogP contribution < -0.4 is 10.7 Å². The molecule has 1 aliphatic carbocycles. The van der Waals surface area contributed by atoms with Crippen molar-refractivity contribution in [3.63, 3.8) is 0 Å². The third-order valence-corrected chi connectivity index (χ3v) is 4.43. The van der Waals surface area contributed by atoms with Crippen LogP contribution in [0.1, 0.15) is 22.8 Å². The predicted octanol–water partition coefficient (Wildman–Crippen LogP) is 3.38. The number of hydrazone groups is 1. The van der Waals surface area contributed by atoms with Gasteiger partial charge < -0.3 is 5.32 Å². The molecule has 0 bridgehead atoms. The van der Waals surface area contributed by atoms with Crippen LogP contribution in [0.5, 0.6) is 0 Å². The number of hydrogen-bond donors (Lipinski definition) is 2. The van der Waals surface area contributed by atoms with E-state index in [0.29, 0.717) is 22.9 Å². The van der Waals surface area contributed by atoms with E-state index in [9.17, 15) is 4.79 Å². The van der Waals surface area contributed by atoms with Gasteiger partial charge in [-0.1, -0.05) is 42.5 Å². The molecule has 0 heterocycles. The lowest BCUT2D eigenvalue weighted by atomic mass is 9.97. The highest BCUT2D eigenvalue weighted by Gasteiger charge is 2.30. The minimum atomic E-state index is -0.0706. The standard InChI is InChI=1S/C19H15N3OS/c1-2-20-19(24)22-21-17-16-13-8-4-3-6-11(13)10-12-7-5-9-14(15(12)16)18(17)23/h3-10H,2H2,1H3,(H2,20,22,24)/b21-17+. The van der Waals surface area contributed by atoms with E-state index in [2.05, 4.69) is 28.0 Å². The zero-order valence-electron chi connectivity index (χ0n) is 13.1. The van der Waals surface area contributed by atoms with Gasteiger partial charge in [0.15, 0.2) is 5.11 Å². The Balaban J connectivity index is 1.98. The summed E-state index contributed by atoms with van der Waals surface area (Å²) >= 11 is 5.15. The molecule has 0 saturated heterocycles. The van der Waals surface area contributed by atoms with Gasteiger partial charge in [-0.25, -0.2) is 0 Å². The summed E-state index contributed by atoms with van der Waals surface area (Å²) in [5, 5.41) is 11.8. The number of hydrogen-bond acceptors (Lipinski definition) is 3. The minimum Gasteiger partial charge on any atom is -0.362 e. The van der Waals surface area contributed by atoms with Crippen LogP contribution in [0.25, 0.3) is 21.5 Å². The molecule has 0 amide bonds. The molecule has 0 aliphatic heterocycles. The minimum absolute atomic E-state index is 0.0706. The first-order valence-electron chi connectivity index (χ1n) is 7.81. The van der Waals surface area contributed by atoms with Crippen LogP contribution in [0.4, 0.5) is 0 Å². The SMILES string of the molecule is CCNC(=S)N/N=C1/C(=O)c2cccc3cc4ccccc4c1c23. The van der Waals surface area contributed by atoms with E-state index in [1.165, 1.54) is 0 Å². The van der Waals surface area contributed by atoms with E-state index < -0.39 is 0 Å². The number of carbonyl (C=O) groups is 1. The van der Waals surface area contributed by atoms with Gasteiger partial charge in [0.1, 0.15) is 5.71 Å². The summed E-state index contributed by atoms with van der Waals surface area (Å²) in [5.41, 5.74) is 4.78. The quantitative estimate of drug-likeness (QED) is 0.429. The Hall–Kier alpha value is -2.79. The van der Waals surface area contributed by atoms with E-state index in [0.717, 1.165) is 27.1 Å². The lowest BCUT2D eigenvalue weighted by Crippen LogP contribution is -2.33. The molecule has 5 heteroatoms. The lowest BCUT2D eigenvalue weighted by Gasteiger charge is -2.08. The van der Waals surface area contributed by atoms with Crippen molar-refractivity contribution in [3.05, 3.63) is 59.7 Å². The maximum atomic E-state index is 12.9. The smallest absolute Gasteiger partial charge is 0.214 e. The normalized spacial score (nSPS) is 14.5. The zero-order chi connectivity index (χ0) is 16.7. The molecule has 0 aromatic heterocycles. The van der Waals surface area contributed by atoms with Crippen LogP contribution in [-0.4, -0.2) is 23.2 Å². The van der Waals surface area contributed by atoms with Gasteiger partial charge in [0, 0.05) is 23.1 Å². The van der Waals surface area contributed by atoms with Crippen LogP contribution in [0.15, 0.2) is 53.6 Å². The number of rotatable bonds is 2. The molecule has 1 aliphatic rings. The number of ketones is 1. The topological polar surface area (TPSA) is 53.5 Å². The number of benzene rings is 3. The van der Waals surface area contributed by atoms with Crippen molar-refractivity contribution >= 4 is 50.4 Å². The van der Waals surface area contributed by atoms with E-state index >= 15 is 0 Å². The van der Waals surface area contributed by atoms with E-state index in [1.807, 2.05) is 43.3 Å². The zero-order valence-corrected chi connectivity index (χ0v) is 13.9. The highest BCUT2D eigenvalue weighted by atomic mass is 32.1.